The standard InChI is InChI=1S/C22H21F4NO2/c23-19-17(4-5-18(28)20(19)24)16-3-1-2-14-12-27(11-8-15(14)16)21(29)13-6-9-22(25,26)10-7-13/h1-5,13,28H,6-12H2. The molecule has 1 heterocycles. The van der Waals surface area contributed by atoms with Crippen molar-refractivity contribution in [3.63, 3.8) is 0 Å². The lowest BCUT2D eigenvalue weighted by Gasteiger charge is -2.35. The van der Waals surface area contributed by atoms with Crippen molar-refractivity contribution >= 4 is 5.91 Å². The van der Waals surface area contributed by atoms with E-state index in [-0.39, 0.29) is 43.1 Å². The van der Waals surface area contributed by atoms with Gasteiger partial charge >= 0.3 is 0 Å². The number of benzene rings is 2. The second-order valence-electron chi connectivity index (χ2n) is 7.84. The predicted octanol–water partition coefficient (Wildman–Crippen LogP) is 5.05. The van der Waals surface area contributed by atoms with Crippen LogP contribution in [0.5, 0.6) is 5.75 Å². The first-order chi connectivity index (χ1) is 13.8. The lowest BCUT2D eigenvalue weighted by atomic mass is 9.84. The number of fused-ring (bicyclic) bond motifs is 1. The molecule has 1 aliphatic carbocycles. The summed E-state index contributed by atoms with van der Waals surface area (Å²) in [5.74, 6) is -6.32. The summed E-state index contributed by atoms with van der Waals surface area (Å²) in [5, 5.41) is 9.36. The third kappa shape index (κ3) is 3.70. The Labute approximate surface area is 166 Å². The number of phenolic OH excluding ortho intramolecular Hbond substituents is 1. The topological polar surface area (TPSA) is 40.5 Å². The van der Waals surface area contributed by atoms with Crippen LogP contribution in [0, 0.1) is 17.6 Å². The van der Waals surface area contributed by atoms with Crippen molar-refractivity contribution in [3.8, 4) is 16.9 Å². The number of amides is 1. The van der Waals surface area contributed by atoms with Crippen LogP contribution in [0.3, 0.4) is 0 Å². The molecule has 1 N–H and O–H groups in total. The number of nitrogens with zero attached hydrogens (tertiary/aromatic N) is 1. The summed E-state index contributed by atoms with van der Waals surface area (Å²) in [6.45, 7) is 0.717. The van der Waals surface area contributed by atoms with Crippen LogP contribution in [0.1, 0.15) is 36.8 Å². The Hall–Kier alpha value is -2.57. The fourth-order valence-electron chi connectivity index (χ4n) is 4.34. The average molecular weight is 407 g/mol. The molecule has 4 rings (SSSR count). The molecule has 2 aromatic carbocycles. The van der Waals surface area contributed by atoms with E-state index in [0.29, 0.717) is 25.1 Å². The summed E-state index contributed by atoms with van der Waals surface area (Å²) in [6, 6.07) is 7.69. The molecular formula is C22H21F4NO2. The van der Waals surface area contributed by atoms with Crippen LogP contribution >= 0.6 is 0 Å². The summed E-state index contributed by atoms with van der Waals surface area (Å²) in [7, 11) is 0. The third-order valence-electron chi connectivity index (χ3n) is 6.00. The van der Waals surface area contributed by atoms with E-state index < -0.39 is 23.3 Å². The fourth-order valence-corrected chi connectivity index (χ4v) is 4.34. The molecule has 2 aliphatic rings. The maximum Gasteiger partial charge on any atom is 0.248 e. The molecule has 0 aromatic heterocycles. The summed E-state index contributed by atoms with van der Waals surface area (Å²) < 4.78 is 54.9. The molecule has 1 aliphatic heterocycles. The van der Waals surface area contributed by atoms with E-state index in [2.05, 4.69) is 0 Å². The van der Waals surface area contributed by atoms with Gasteiger partial charge in [0.15, 0.2) is 11.6 Å². The van der Waals surface area contributed by atoms with E-state index >= 15 is 0 Å². The van der Waals surface area contributed by atoms with Gasteiger partial charge in [-0.2, -0.15) is 4.39 Å². The highest BCUT2D eigenvalue weighted by molar-refractivity contribution is 5.80. The zero-order valence-corrected chi connectivity index (χ0v) is 15.7. The fraction of sp³-hybridized carbons (Fsp3) is 0.409. The van der Waals surface area contributed by atoms with Gasteiger partial charge in [-0.25, -0.2) is 13.2 Å². The molecule has 2 aromatic rings. The molecule has 3 nitrogen and oxygen atoms in total. The van der Waals surface area contributed by atoms with Gasteiger partial charge in [0.2, 0.25) is 17.6 Å². The Morgan fingerprint density at radius 1 is 1.03 bits per heavy atom. The van der Waals surface area contributed by atoms with Crippen molar-refractivity contribution in [2.75, 3.05) is 6.54 Å². The molecule has 1 fully saturated rings. The highest BCUT2D eigenvalue weighted by atomic mass is 19.3. The molecule has 0 unspecified atom stereocenters. The van der Waals surface area contributed by atoms with Gasteiger partial charge in [0, 0.05) is 37.4 Å². The molecule has 1 saturated carbocycles. The molecule has 7 heteroatoms. The Balaban J connectivity index is 1.57. The number of rotatable bonds is 2. The van der Waals surface area contributed by atoms with Gasteiger partial charge in [0.1, 0.15) is 0 Å². The van der Waals surface area contributed by atoms with Crippen molar-refractivity contribution in [3.05, 3.63) is 53.1 Å². The molecule has 154 valence electrons. The molecule has 0 saturated heterocycles. The first kappa shape index (κ1) is 19.7. The van der Waals surface area contributed by atoms with E-state index in [0.717, 1.165) is 17.2 Å². The van der Waals surface area contributed by atoms with Crippen LogP contribution in [0.15, 0.2) is 30.3 Å². The lowest BCUT2D eigenvalue weighted by molar-refractivity contribution is -0.140. The molecular weight excluding hydrogens is 386 g/mol. The van der Waals surface area contributed by atoms with Crippen molar-refractivity contribution in [2.45, 2.75) is 44.6 Å². The third-order valence-corrected chi connectivity index (χ3v) is 6.00. The minimum Gasteiger partial charge on any atom is -0.505 e. The van der Waals surface area contributed by atoms with Crippen molar-refractivity contribution in [2.24, 2.45) is 5.92 Å². The first-order valence-corrected chi connectivity index (χ1v) is 9.71. The second kappa shape index (κ2) is 7.35. The number of aromatic hydroxyl groups is 1. The summed E-state index contributed by atoms with van der Waals surface area (Å²) >= 11 is 0. The highest BCUT2D eigenvalue weighted by Gasteiger charge is 2.39. The number of hydrogen-bond donors (Lipinski definition) is 1. The second-order valence-corrected chi connectivity index (χ2v) is 7.84. The summed E-state index contributed by atoms with van der Waals surface area (Å²) in [6.07, 6.45) is 0.315. The molecule has 1 amide bonds. The van der Waals surface area contributed by atoms with E-state index in [1.165, 1.54) is 6.07 Å². The van der Waals surface area contributed by atoms with E-state index in [4.69, 9.17) is 0 Å². The summed E-state index contributed by atoms with van der Waals surface area (Å²) in [4.78, 5) is 14.5. The van der Waals surface area contributed by atoms with Crippen LogP contribution in [0.2, 0.25) is 0 Å². The Bertz CT molecular complexity index is 950. The monoisotopic (exact) mass is 407 g/mol. The normalized spacial score (nSPS) is 19.1. The van der Waals surface area contributed by atoms with E-state index in [9.17, 15) is 27.5 Å². The zero-order chi connectivity index (χ0) is 20.8. The number of phenols is 1. The molecule has 0 atom stereocenters. The molecule has 29 heavy (non-hydrogen) atoms. The van der Waals surface area contributed by atoms with Gasteiger partial charge in [-0.1, -0.05) is 18.2 Å². The Kier molecular flexibility index (Phi) is 5.00. The van der Waals surface area contributed by atoms with Crippen molar-refractivity contribution in [1.29, 1.82) is 0 Å². The maximum absolute atomic E-state index is 14.4. The number of alkyl halides is 2. The van der Waals surface area contributed by atoms with Crippen molar-refractivity contribution < 1.29 is 27.5 Å². The van der Waals surface area contributed by atoms with Gasteiger partial charge in [-0.3, -0.25) is 4.79 Å². The van der Waals surface area contributed by atoms with Gasteiger partial charge in [-0.15, -0.1) is 0 Å². The number of hydrogen-bond acceptors (Lipinski definition) is 2. The molecule has 0 bridgehead atoms. The van der Waals surface area contributed by atoms with Gasteiger partial charge < -0.3 is 10.0 Å². The van der Waals surface area contributed by atoms with Crippen LogP contribution in [-0.4, -0.2) is 28.4 Å². The van der Waals surface area contributed by atoms with Crippen LogP contribution < -0.4 is 0 Å². The SMILES string of the molecule is O=C(C1CCC(F)(F)CC1)N1CCc2c(cccc2-c2ccc(O)c(F)c2F)C1. The Morgan fingerprint density at radius 2 is 1.76 bits per heavy atom. The van der Waals surface area contributed by atoms with Crippen LogP contribution in [0.25, 0.3) is 11.1 Å². The minimum atomic E-state index is -2.68. The van der Waals surface area contributed by atoms with E-state index in [1.54, 1.807) is 17.0 Å². The van der Waals surface area contributed by atoms with Gasteiger partial charge in [0.05, 0.1) is 0 Å². The molecule has 0 spiro atoms. The Morgan fingerprint density at radius 3 is 2.48 bits per heavy atom. The predicted molar refractivity (Wildman–Crippen MR) is 99.5 cm³/mol. The first-order valence-electron chi connectivity index (χ1n) is 9.71. The van der Waals surface area contributed by atoms with Crippen LogP contribution in [0.4, 0.5) is 17.6 Å². The quantitative estimate of drug-likeness (QED) is 0.708. The average Bonchev–Trinajstić information content (AvgIpc) is 2.71. The number of carbonyl (C=O) groups is 1. The lowest BCUT2D eigenvalue weighted by Crippen LogP contribution is -2.42. The molecule has 0 radical (unpaired) electrons. The highest BCUT2D eigenvalue weighted by Crippen LogP contribution is 2.38. The maximum atomic E-state index is 14.4. The van der Waals surface area contributed by atoms with Gasteiger partial charge in [-0.05, 0) is 48.1 Å². The minimum absolute atomic E-state index is 0.0615. The van der Waals surface area contributed by atoms with Crippen molar-refractivity contribution in [1.82, 2.24) is 4.90 Å². The largest absolute Gasteiger partial charge is 0.505 e. The summed E-state index contributed by atoms with van der Waals surface area (Å²) in [5.41, 5.74) is 2.25. The number of carbonyl (C=O) groups excluding carboxylic acids is 1. The van der Waals surface area contributed by atoms with E-state index in [1.807, 2.05) is 6.07 Å². The smallest absolute Gasteiger partial charge is 0.248 e. The van der Waals surface area contributed by atoms with Gasteiger partial charge in [0.25, 0.3) is 0 Å². The number of halogens is 4. The zero-order valence-electron chi connectivity index (χ0n) is 15.7. The van der Waals surface area contributed by atoms with Crippen LogP contribution in [-0.2, 0) is 17.8 Å².